The van der Waals surface area contributed by atoms with Gasteiger partial charge < -0.3 is 20.4 Å². The van der Waals surface area contributed by atoms with Crippen LogP contribution in [0.4, 0.5) is 11.8 Å². The minimum absolute atomic E-state index is 0.0325. The first-order valence-electron chi connectivity index (χ1n) is 4.90. The molecule has 0 aromatic carbocycles. The Labute approximate surface area is 98.9 Å². The van der Waals surface area contributed by atoms with Gasteiger partial charge in [-0.1, -0.05) is 11.6 Å². The average molecular weight is 247 g/mol. The predicted octanol–water partition coefficient (Wildman–Crippen LogP) is -0.0373. The van der Waals surface area contributed by atoms with Gasteiger partial charge in [0.2, 0.25) is 5.95 Å². The second-order valence-electron chi connectivity index (χ2n) is 3.05. The van der Waals surface area contributed by atoms with E-state index in [0.29, 0.717) is 29.9 Å². The summed E-state index contributed by atoms with van der Waals surface area (Å²) in [4.78, 5) is 9.83. The van der Waals surface area contributed by atoms with E-state index in [1.807, 2.05) is 0 Å². The number of halogens is 1. The van der Waals surface area contributed by atoms with E-state index >= 15 is 0 Å². The molecule has 3 N–H and O–H groups in total. The van der Waals surface area contributed by atoms with Crippen molar-refractivity contribution in [3.63, 3.8) is 0 Å². The summed E-state index contributed by atoms with van der Waals surface area (Å²) in [5, 5.41) is 21.0. The molecule has 0 atom stereocenters. The lowest BCUT2D eigenvalue weighted by Crippen LogP contribution is -2.31. The molecule has 0 radical (unpaired) electrons. The molecule has 1 heterocycles. The molecular formula is C9H15ClN4O2. The van der Waals surface area contributed by atoms with Crippen LogP contribution in [0, 0.1) is 0 Å². The van der Waals surface area contributed by atoms with E-state index in [0.717, 1.165) is 0 Å². The summed E-state index contributed by atoms with van der Waals surface area (Å²) in [6.07, 6.45) is 1.48. The van der Waals surface area contributed by atoms with Crippen LogP contribution in [0.25, 0.3) is 0 Å². The minimum Gasteiger partial charge on any atom is -0.395 e. The van der Waals surface area contributed by atoms with Gasteiger partial charge in [0.1, 0.15) is 5.02 Å². The lowest BCUT2D eigenvalue weighted by molar-refractivity contribution is 0.280. The molecule has 0 aliphatic carbocycles. The summed E-state index contributed by atoms with van der Waals surface area (Å²) in [7, 11) is 1.70. The van der Waals surface area contributed by atoms with E-state index < -0.39 is 0 Å². The number of aromatic nitrogens is 2. The zero-order valence-corrected chi connectivity index (χ0v) is 9.78. The van der Waals surface area contributed by atoms with Crippen LogP contribution >= 0.6 is 11.6 Å². The molecule has 0 saturated carbocycles. The fourth-order valence-corrected chi connectivity index (χ4v) is 1.48. The lowest BCUT2D eigenvalue weighted by Gasteiger charge is -2.22. The van der Waals surface area contributed by atoms with E-state index in [9.17, 15) is 0 Å². The topological polar surface area (TPSA) is 81.5 Å². The Balaban J connectivity index is 2.96. The quantitative estimate of drug-likeness (QED) is 0.654. The van der Waals surface area contributed by atoms with Gasteiger partial charge in [-0.15, -0.1) is 0 Å². The molecule has 0 bridgehead atoms. The number of aliphatic hydroxyl groups excluding tert-OH is 2. The molecule has 90 valence electrons. The Kier molecular flexibility index (Phi) is 5.24. The van der Waals surface area contributed by atoms with Crippen molar-refractivity contribution in [2.75, 3.05) is 43.6 Å². The molecule has 0 amide bonds. The Bertz CT molecular complexity index is 331. The Hall–Kier alpha value is -1.11. The molecule has 1 rings (SSSR count). The summed E-state index contributed by atoms with van der Waals surface area (Å²) >= 11 is 5.96. The van der Waals surface area contributed by atoms with Gasteiger partial charge in [0, 0.05) is 20.1 Å². The van der Waals surface area contributed by atoms with Gasteiger partial charge in [-0.2, -0.15) is 4.98 Å². The van der Waals surface area contributed by atoms with Crippen LogP contribution < -0.4 is 10.2 Å². The lowest BCUT2D eigenvalue weighted by atomic mass is 10.4. The zero-order valence-electron chi connectivity index (χ0n) is 9.02. The van der Waals surface area contributed by atoms with Crippen LogP contribution in [0.2, 0.25) is 5.02 Å². The third-order valence-corrected chi connectivity index (χ3v) is 2.26. The SMILES string of the molecule is CNc1ncc(Cl)c(N(CCO)CCO)n1. The van der Waals surface area contributed by atoms with Crippen LogP contribution in [-0.2, 0) is 0 Å². The minimum atomic E-state index is -0.0325. The van der Waals surface area contributed by atoms with Crippen molar-refractivity contribution in [3.05, 3.63) is 11.2 Å². The third-order valence-electron chi connectivity index (χ3n) is 1.99. The molecule has 1 aromatic rings. The van der Waals surface area contributed by atoms with Gasteiger partial charge in [0.25, 0.3) is 0 Å². The second-order valence-corrected chi connectivity index (χ2v) is 3.46. The van der Waals surface area contributed by atoms with E-state index in [4.69, 9.17) is 21.8 Å². The van der Waals surface area contributed by atoms with Crippen LogP contribution in [0.5, 0.6) is 0 Å². The molecule has 1 aromatic heterocycles. The van der Waals surface area contributed by atoms with Gasteiger partial charge in [-0.05, 0) is 0 Å². The van der Waals surface area contributed by atoms with Crippen LogP contribution in [-0.4, -0.2) is 53.5 Å². The Morgan fingerprint density at radius 1 is 1.38 bits per heavy atom. The van der Waals surface area contributed by atoms with Crippen molar-refractivity contribution < 1.29 is 10.2 Å². The van der Waals surface area contributed by atoms with Crippen LogP contribution in [0.15, 0.2) is 6.20 Å². The van der Waals surface area contributed by atoms with Crippen molar-refractivity contribution in [3.8, 4) is 0 Å². The molecule has 0 saturated heterocycles. The maximum Gasteiger partial charge on any atom is 0.224 e. The molecule has 0 spiro atoms. The largest absolute Gasteiger partial charge is 0.395 e. The molecule has 0 aliphatic rings. The van der Waals surface area contributed by atoms with Crippen molar-refractivity contribution >= 4 is 23.4 Å². The zero-order chi connectivity index (χ0) is 12.0. The molecule has 6 nitrogen and oxygen atoms in total. The number of hydrogen-bond acceptors (Lipinski definition) is 6. The van der Waals surface area contributed by atoms with Gasteiger partial charge in [-0.3, -0.25) is 0 Å². The third kappa shape index (κ3) is 3.19. The number of aliphatic hydroxyl groups is 2. The Morgan fingerprint density at radius 3 is 2.50 bits per heavy atom. The van der Waals surface area contributed by atoms with Crippen molar-refractivity contribution in [2.45, 2.75) is 0 Å². The molecule has 0 fully saturated rings. The van der Waals surface area contributed by atoms with Crippen LogP contribution in [0.3, 0.4) is 0 Å². The maximum absolute atomic E-state index is 8.92. The van der Waals surface area contributed by atoms with Crippen molar-refractivity contribution in [1.82, 2.24) is 9.97 Å². The summed E-state index contributed by atoms with van der Waals surface area (Å²) in [5.74, 6) is 0.949. The number of anilines is 2. The smallest absolute Gasteiger partial charge is 0.224 e. The maximum atomic E-state index is 8.92. The number of hydrogen-bond donors (Lipinski definition) is 3. The van der Waals surface area contributed by atoms with E-state index in [1.54, 1.807) is 11.9 Å². The molecule has 0 unspecified atom stereocenters. The highest BCUT2D eigenvalue weighted by atomic mass is 35.5. The number of nitrogens with one attached hydrogen (secondary N) is 1. The summed E-state index contributed by atoms with van der Waals surface area (Å²) in [5.41, 5.74) is 0. The highest BCUT2D eigenvalue weighted by Crippen LogP contribution is 2.23. The van der Waals surface area contributed by atoms with Crippen molar-refractivity contribution in [2.24, 2.45) is 0 Å². The highest BCUT2D eigenvalue weighted by molar-refractivity contribution is 6.32. The summed E-state index contributed by atoms with van der Waals surface area (Å²) in [6.45, 7) is 0.658. The monoisotopic (exact) mass is 246 g/mol. The molecule has 0 aliphatic heterocycles. The Morgan fingerprint density at radius 2 is 2.00 bits per heavy atom. The molecule has 7 heteroatoms. The first-order chi connectivity index (χ1) is 7.72. The first kappa shape index (κ1) is 13.0. The number of nitrogens with zero attached hydrogens (tertiary/aromatic N) is 3. The van der Waals surface area contributed by atoms with Crippen LogP contribution in [0.1, 0.15) is 0 Å². The summed E-state index contributed by atoms with van der Waals surface area (Å²) < 4.78 is 0. The fourth-order valence-electron chi connectivity index (χ4n) is 1.27. The number of rotatable bonds is 6. The fraction of sp³-hybridized carbons (Fsp3) is 0.556. The highest BCUT2D eigenvalue weighted by Gasteiger charge is 2.12. The van der Waals surface area contributed by atoms with Gasteiger partial charge in [0.05, 0.1) is 19.4 Å². The van der Waals surface area contributed by atoms with E-state index in [2.05, 4.69) is 15.3 Å². The average Bonchev–Trinajstić information content (AvgIpc) is 2.29. The first-order valence-corrected chi connectivity index (χ1v) is 5.27. The normalized spacial score (nSPS) is 10.2. The summed E-state index contributed by atoms with van der Waals surface area (Å²) in [6, 6.07) is 0. The van der Waals surface area contributed by atoms with E-state index in [-0.39, 0.29) is 13.2 Å². The van der Waals surface area contributed by atoms with Gasteiger partial charge in [-0.25, -0.2) is 4.98 Å². The van der Waals surface area contributed by atoms with Gasteiger partial charge >= 0.3 is 0 Å². The van der Waals surface area contributed by atoms with E-state index in [1.165, 1.54) is 6.20 Å². The molecule has 16 heavy (non-hydrogen) atoms. The molecular weight excluding hydrogens is 232 g/mol. The van der Waals surface area contributed by atoms with Crippen molar-refractivity contribution in [1.29, 1.82) is 0 Å². The second kappa shape index (κ2) is 6.47. The standard InChI is InChI=1S/C9H15ClN4O2/c1-11-9-12-6-7(10)8(13-9)14(2-4-15)3-5-16/h6,15-16H,2-5H2,1H3,(H,11,12,13). The van der Waals surface area contributed by atoms with Gasteiger partial charge in [0.15, 0.2) is 5.82 Å². The predicted molar refractivity (Wildman–Crippen MR) is 63.0 cm³/mol.